The van der Waals surface area contributed by atoms with Crippen LogP contribution in [0.5, 0.6) is 0 Å². The molecule has 1 atom stereocenters. The molecule has 0 spiro atoms. The topological polar surface area (TPSA) is 66.8 Å². The fourth-order valence-electron chi connectivity index (χ4n) is 3.52. The lowest BCUT2D eigenvalue weighted by Gasteiger charge is -2.24. The molecule has 0 aliphatic carbocycles. The second-order valence-electron chi connectivity index (χ2n) is 6.34. The summed E-state index contributed by atoms with van der Waals surface area (Å²) < 4.78 is 2.00. The van der Waals surface area contributed by atoms with Crippen LogP contribution >= 0.6 is 0 Å². The normalized spacial score (nSPS) is 18.4. The van der Waals surface area contributed by atoms with Gasteiger partial charge >= 0.3 is 0 Å². The first kappa shape index (κ1) is 15.1. The third kappa shape index (κ3) is 3.10. The van der Waals surface area contributed by atoms with Gasteiger partial charge in [0.1, 0.15) is 5.82 Å². The Labute approximate surface area is 140 Å². The van der Waals surface area contributed by atoms with Crippen molar-refractivity contribution in [2.45, 2.75) is 31.8 Å². The molecule has 1 N–H and O–H groups in total. The van der Waals surface area contributed by atoms with Crippen LogP contribution in [0.15, 0.2) is 47.5 Å². The lowest BCUT2D eigenvalue weighted by Crippen LogP contribution is -2.35. The van der Waals surface area contributed by atoms with Gasteiger partial charge in [-0.25, -0.2) is 4.98 Å². The first-order valence-corrected chi connectivity index (χ1v) is 8.49. The molecule has 2 aromatic heterocycles. The second kappa shape index (κ2) is 6.57. The van der Waals surface area contributed by atoms with Crippen molar-refractivity contribution in [1.29, 1.82) is 0 Å². The van der Waals surface area contributed by atoms with Gasteiger partial charge in [-0.05, 0) is 37.6 Å². The number of hydrogen-bond donors (Lipinski definition) is 1. The summed E-state index contributed by atoms with van der Waals surface area (Å²) in [7, 11) is 0. The highest BCUT2D eigenvalue weighted by Crippen LogP contribution is 2.19. The van der Waals surface area contributed by atoms with E-state index in [-0.39, 0.29) is 5.56 Å². The number of aromatic amines is 1. The number of benzene rings is 1. The van der Waals surface area contributed by atoms with Crippen molar-refractivity contribution in [3.8, 4) is 0 Å². The van der Waals surface area contributed by atoms with Crippen LogP contribution in [0.25, 0.3) is 10.9 Å². The highest BCUT2D eigenvalue weighted by Gasteiger charge is 2.24. The maximum atomic E-state index is 12.2. The number of aromatic nitrogens is 4. The van der Waals surface area contributed by atoms with Crippen molar-refractivity contribution in [2.24, 2.45) is 0 Å². The molecule has 1 fully saturated rings. The number of nitrogens with one attached hydrogen (secondary N) is 1. The zero-order valence-electron chi connectivity index (χ0n) is 13.6. The van der Waals surface area contributed by atoms with E-state index >= 15 is 0 Å². The van der Waals surface area contributed by atoms with E-state index < -0.39 is 0 Å². The molecule has 1 unspecified atom stereocenters. The zero-order valence-corrected chi connectivity index (χ0v) is 13.6. The summed E-state index contributed by atoms with van der Waals surface area (Å²) in [6.45, 7) is 2.94. The first-order chi connectivity index (χ1) is 11.8. The molecule has 3 heterocycles. The maximum Gasteiger partial charge on any atom is 0.258 e. The monoisotopic (exact) mass is 323 g/mol. The standard InChI is InChI=1S/C18H21N5O/c24-18-15-6-1-2-7-16(15)20-17(21-18)8-12-22-10-3-5-14(22)13-23-11-4-9-19-23/h1-2,4,6-7,9,11,14H,3,5,8,10,12-13H2,(H,20,21,24). The number of H-pyrrole nitrogens is 1. The Bertz CT molecular complexity index is 871. The maximum absolute atomic E-state index is 12.2. The Morgan fingerprint density at radius 3 is 3.04 bits per heavy atom. The molecule has 124 valence electrons. The average molecular weight is 323 g/mol. The van der Waals surface area contributed by atoms with Crippen LogP contribution in [-0.4, -0.2) is 43.8 Å². The molecule has 6 heteroatoms. The Balaban J connectivity index is 1.45. The van der Waals surface area contributed by atoms with Crippen LogP contribution in [0.3, 0.4) is 0 Å². The van der Waals surface area contributed by atoms with Gasteiger partial charge in [-0.2, -0.15) is 5.10 Å². The van der Waals surface area contributed by atoms with Crippen LogP contribution in [0.1, 0.15) is 18.7 Å². The fourth-order valence-corrected chi connectivity index (χ4v) is 3.52. The molecular weight excluding hydrogens is 302 g/mol. The Kier molecular flexibility index (Phi) is 4.13. The van der Waals surface area contributed by atoms with Crippen LogP contribution in [0.4, 0.5) is 0 Å². The molecule has 6 nitrogen and oxygen atoms in total. The third-order valence-electron chi connectivity index (χ3n) is 4.75. The van der Waals surface area contributed by atoms with Crippen LogP contribution < -0.4 is 5.56 Å². The highest BCUT2D eigenvalue weighted by molar-refractivity contribution is 5.77. The van der Waals surface area contributed by atoms with Gasteiger partial charge in [-0.3, -0.25) is 14.4 Å². The second-order valence-corrected chi connectivity index (χ2v) is 6.34. The predicted octanol–water partition coefficient (Wildman–Crippen LogP) is 1.83. The van der Waals surface area contributed by atoms with Gasteiger partial charge in [0.15, 0.2) is 0 Å². The Morgan fingerprint density at radius 1 is 1.25 bits per heavy atom. The minimum atomic E-state index is -0.0508. The van der Waals surface area contributed by atoms with Gasteiger partial charge in [-0.1, -0.05) is 12.1 Å². The zero-order chi connectivity index (χ0) is 16.4. The number of para-hydroxylation sites is 1. The van der Waals surface area contributed by atoms with Crippen molar-refractivity contribution in [2.75, 3.05) is 13.1 Å². The number of rotatable bonds is 5. The van der Waals surface area contributed by atoms with Crippen LogP contribution in [-0.2, 0) is 13.0 Å². The van der Waals surface area contributed by atoms with E-state index in [2.05, 4.69) is 20.0 Å². The Hall–Kier alpha value is -2.47. The minimum absolute atomic E-state index is 0.0508. The largest absolute Gasteiger partial charge is 0.310 e. The molecule has 1 aliphatic rings. The SMILES string of the molecule is O=c1[nH]c(CCN2CCCC2Cn2cccn2)nc2ccccc12. The van der Waals surface area contributed by atoms with Gasteiger partial charge in [0.05, 0.1) is 17.4 Å². The molecule has 0 radical (unpaired) electrons. The van der Waals surface area contributed by atoms with Crippen molar-refractivity contribution < 1.29 is 0 Å². The van der Waals surface area contributed by atoms with Crippen LogP contribution in [0, 0.1) is 0 Å². The van der Waals surface area contributed by atoms with E-state index in [1.165, 1.54) is 12.8 Å². The molecule has 3 aromatic rings. The van der Waals surface area contributed by atoms with E-state index in [1.807, 2.05) is 47.4 Å². The molecule has 4 rings (SSSR count). The lowest BCUT2D eigenvalue weighted by molar-refractivity contribution is 0.228. The van der Waals surface area contributed by atoms with Crippen LogP contribution in [0.2, 0.25) is 0 Å². The summed E-state index contributed by atoms with van der Waals surface area (Å²) in [5, 5.41) is 4.96. The molecule has 24 heavy (non-hydrogen) atoms. The van der Waals surface area contributed by atoms with E-state index in [1.54, 1.807) is 0 Å². The average Bonchev–Trinajstić information content (AvgIpc) is 3.25. The quantitative estimate of drug-likeness (QED) is 0.778. The Morgan fingerprint density at radius 2 is 2.17 bits per heavy atom. The summed E-state index contributed by atoms with van der Waals surface area (Å²) >= 11 is 0. The van der Waals surface area contributed by atoms with Gasteiger partial charge in [-0.15, -0.1) is 0 Å². The summed E-state index contributed by atoms with van der Waals surface area (Å²) in [5.74, 6) is 0.767. The minimum Gasteiger partial charge on any atom is -0.310 e. The van der Waals surface area contributed by atoms with E-state index in [4.69, 9.17) is 0 Å². The summed E-state index contributed by atoms with van der Waals surface area (Å²) in [6, 6.07) is 9.96. The summed E-state index contributed by atoms with van der Waals surface area (Å²) in [5.41, 5.74) is 0.718. The molecule has 0 bridgehead atoms. The molecule has 0 amide bonds. The summed E-state index contributed by atoms with van der Waals surface area (Å²) in [4.78, 5) is 22.2. The number of fused-ring (bicyclic) bond motifs is 1. The number of likely N-dealkylation sites (tertiary alicyclic amines) is 1. The third-order valence-corrected chi connectivity index (χ3v) is 4.75. The van der Waals surface area contributed by atoms with Crippen molar-refractivity contribution in [1.82, 2.24) is 24.6 Å². The fraction of sp³-hybridized carbons (Fsp3) is 0.389. The molecule has 1 aliphatic heterocycles. The number of nitrogens with zero attached hydrogens (tertiary/aromatic N) is 4. The molecule has 0 saturated carbocycles. The summed E-state index contributed by atoms with van der Waals surface area (Å²) in [6.07, 6.45) is 7.01. The van der Waals surface area contributed by atoms with E-state index in [9.17, 15) is 4.79 Å². The van der Waals surface area contributed by atoms with Gasteiger partial charge < -0.3 is 4.98 Å². The van der Waals surface area contributed by atoms with Crippen molar-refractivity contribution in [3.63, 3.8) is 0 Å². The van der Waals surface area contributed by atoms with Gasteiger partial charge in [0, 0.05) is 31.4 Å². The van der Waals surface area contributed by atoms with Gasteiger partial charge in [0.2, 0.25) is 0 Å². The van der Waals surface area contributed by atoms with E-state index in [0.29, 0.717) is 11.4 Å². The van der Waals surface area contributed by atoms with E-state index in [0.717, 1.165) is 37.4 Å². The molecule has 1 saturated heterocycles. The van der Waals surface area contributed by atoms with Crippen molar-refractivity contribution >= 4 is 10.9 Å². The van der Waals surface area contributed by atoms with Gasteiger partial charge in [0.25, 0.3) is 5.56 Å². The lowest BCUT2D eigenvalue weighted by atomic mass is 10.2. The number of hydrogen-bond acceptors (Lipinski definition) is 4. The van der Waals surface area contributed by atoms with Crippen molar-refractivity contribution in [3.05, 3.63) is 58.9 Å². The molecular formula is C18H21N5O. The first-order valence-electron chi connectivity index (χ1n) is 8.49. The highest BCUT2D eigenvalue weighted by atomic mass is 16.1. The molecule has 1 aromatic carbocycles. The smallest absolute Gasteiger partial charge is 0.258 e. The predicted molar refractivity (Wildman–Crippen MR) is 92.9 cm³/mol.